The van der Waals surface area contributed by atoms with Gasteiger partial charge in [-0.2, -0.15) is 0 Å². The first-order chi connectivity index (χ1) is 12.8. The zero-order valence-electron chi connectivity index (χ0n) is 15.4. The van der Waals surface area contributed by atoms with Gasteiger partial charge >= 0.3 is 11.9 Å². The third-order valence-corrected chi connectivity index (χ3v) is 4.39. The van der Waals surface area contributed by atoms with Crippen LogP contribution in [0.25, 0.3) is 0 Å². The van der Waals surface area contributed by atoms with E-state index in [2.05, 4.69) is 5.32 Å². The first kappa shape index (κ1) is 20.2. The third kappa shape index (κ3) is 4.16. The number of hydrogen-bond acceptors (Lipinski definition) is 6. The number of aliphatic carboxylic acids is 1. The Balaban J connectivity index is 2.64. The lowest BCUT2D eigenvalue weighted by molar-refractivity contribution is -0.385. The van der Waals surface area contributed by atoms with Gasteiger partial charge in [-0.05, 0) is 20.3 Å². The number of para-hydroxylation sites is 1. The van der Waals surface area contributed by atoms with Crippen molar-refractivity contribution in [3.05, 3.63) is 62.5 Å². The van der Waals surface area contributed by atoms with Crippen molar-refractivity contribution in [1.29, 1.82) is 0 Å². The van der Waals surface area contributed by atoms with Gasteiger partial charge < -0.3 is 15.2 Å². The van der Waals surface area contributed by atoms with Gasteiger partial charge in [-0.15, -0.1) is 0 Å². The van der Waals surface area contributed by atoms with Gasteiger partial charge in [-0.25, -0.2) is 9.59 Å². The summed E-state index contributed by atoms with van der Waals surface area (Å²) in [5.74, 6) is -3.03. The van der Waals surface area contributed by atoms with Crippen molar-refractivity contribution in [2.24, 2.45) is 0 Å². The minimum atomic E-state index is -1.26. The molecule has 0 aliphatic carbocycles. The van der Waals surface area contributed by atoms with Crippen LogP contribution in [-0.4, -0.2) is 28.6 Å². The fraction of sp³-hybridized carbons (Fsp3) is 0.368. The van der Waals surface area contributed by atoms with E-state index in [1.807, 2.05) is 6.92 Å². The molecule has 1 atom stereocenters. The number of benzene rings is 1. The van der Waals surface area contributed by atoms with Gasteiger partial charge in [0.1, 0.15) is 0 Å². The number of allylic oxidation sites excluding steroid dienone is 2. The molecule has 0 bridgehead atoms. The number of unbranched alkanes of at least 4 members (excludes halogenated alkanes) is 1. The van der Waals surface area contributed by atoms with Gasteiger partial charge in [0.25, 0.3) is 5.69 Å². The van der Waals surface area contributed by atoms with Gasteiger partial charge in [0.2, 0.25) is 0 Å². The number of carbonyl (C=O) groups is 2. The highest BCUT2D eigenvalue weighted by Gasteiger charge is 2.40. The van der Waals surface area contributed by atoms with Crippen LogP contribution in [0.1, 0.15) is 45.1 Å². The number of nitrogens with zero attached hydrogens (tertiary/aromatic N) is 1. The van der Waals surface area contributed by atoms with E-state index in [1.54, 1.807) is 19.9 Å². The van der Waals surface area contributed by atoms with E-state index in [0.717, 1.165) is 6.42 Å². The molecule has 0 spiro atoms. The van der Waals surface area contributed by atoms with E-state index in [9.17, 15) is 24.8 Å². The summed E-state index contributed by atoms with van der Waals surface area (Å²) >= 11 is 0. The van der Waals surface area contributed by atoms with Crippen LogP contribution >= 0.6 is 0 Å². The molecule has 0 saturated heterocycles. The molecule has 1 aromatic carbocycles. The van der Waals surface area contributed by atoms with Gasteiger partial charge in [0, 0.05) is 23.0 Å². The number of esters is 1. The second-order valence-electron chi connectivity index (χ2n) is 6.25. The molecule has 2 rings (SSSR count). The zero-order chi connectivity index (χ0) is 20.1. The fourth-order valence-electron chi connectivity index (χ4n) is 3.14. The maximum absolute atomic E-state index is 12.7. The summed E-state index contributed by atoms with van der Waals surface area (Å²) in [5, 5.41) is 24.1. The summed E-state index contributed by atoms with van der Waals surface area (Å²) < 4.78 is 5.29. The van der Waals surface area contributed by atoms with Crippen molar-refractivity contribution in [3.63, 3.8) is 0 Å². The van der Waals surface area contributed by atoms with Gasteiger partial charge in [0.15, 0.2) is 0 Å². The van der Waals surface area contributed by atoms with E-state index < -0.39 is 22.8 Å². The van der Waals surface area contributed by atoms with Crippen molar-refractivity contribution in [2.45, 2.75) is 39.5 Å². The number of nitro groups is 1. The normalized spacial score (nSPS) is 16.8. The smallest absolute Gasteiger partial charge is 0.336 e. The van der Waals surface area contributed by atoms with E-state index >= 15 is 0 Å². The molecule has 1 heterocycles. The monoisotopic (exact) mass is 374 g/mol. The summed E-state index contributed by atoms with van der Waals surface area (Å²) in [4.78, 5) is 35.5. The van der Waals surface area contributed by atoms with Crippen LogP contribution in [0.15, 0.2) is 46.8 Å². The quantitative estimate of drug-likeness (QED) is 0.325. The Labute approximate surface area is 156 Å². The highest BCUT2D eigenvalue weighted by atomic mass is 16.6. The van der Waals surface area contributed by atoms with E-state index in [-0.39, 0.29) is 29.0 Å². The van der Waals surface area contributed by atoms with E-state index in [1.165, 1.54) is 18.2 Å². The number of dihydropyridines is 1. The third-order valence-electron chi connectivity index (χ3n) is 4.39. The number of nitrogens with one attached hydrogen (secondary N) is 1. The summed E-state index contributed by atoms with van der Waals surface area (Å²) in [6, 6.07) is 5.84. The molecule has 2 N–H and O–H groups in total. The van der Waals surface area contributed by atoms with Crippen molar-refractivity contribution in [1.82, 2.24) is 5.32 Å². The Morgan fingerprint density at radius 3 is 2.44 bits per heavy atom. The highest BCUT2D eigenvalue weighted by Crippen LogP contribution is 2.42. The summed E-state index contributed by atoms with van der Waals surface area (Å²) in [6.45, 7) is 5.33. The lowest BCUT2D eigenvalue weighted by Crippen LogP contribution is -2.32. The average molecular weight is 374 g/mol. The molecule has 27 heavy (non-hydrogen) atoms. The number of ether oxygens (including phenoxy) is 1. The molecule has 1 aliphatic heterocycles. The first-order valence-electron chi connectivity index (χ1n) is 8.61. The lowest BCUT2D eigenvalue weighted by atomic mass is 9.79. The molecule has 0 fully saturated rings. The number of carboxylic acids is 1. The van der Waals surface area contributed by atoms with Gasteiger partial charge in [-0.3, -0.25) is 10.1 Å². The van der Waals surface area contributed by atoms with Crippen LogP contribution in [0.5, 0.6) is 0 Å². The standard InChI is InChI=1S/C19H22N2O6/c1-4-5-10-27-19(24)16-12(3)20-11(2)15(18(22)23)17(16)13-8-6-7-9-14(13)21(25)26/h6-9,17,20H,4-5,10H2,1-3H3,(H,22,23). The van der Waals surface area contributed by atoms with Crippen LogP contribution in [-0.2, 0) is 14.3 Å². The largest absolute Gasteiger partial charge is 0.478 e. The SMILES string of the molecule is CCCCOC(=O)C1=C(C)NC(C)=C(C(=O)O)C1c1ccccc1[N+](=O)[O-]. The number of nitro benzene ring substituents is 1. The molecule has 8 heteroatoms. The Morgan fingerprint density at radius 1 is 1.22 bits per heavy atom. The van der Waals surface area contributed by atoms with Crippen LogP contribution in [0.3, 0.4) is 0 Å². The van der Waals surface area contributed by atoms with Crippen molar-refractivity contribution in [2.75, 3.05) is 6.61 Å². The molecule has 0 radical (unpaired) electrons. The minimum Gasteiger partial charge on any atom is -0.478 e. The maximum atomic E-state index is 12.7. The van der Waals surface area contributed by atoms with Crippen LogP contribution in [0.4, 0.5) is 5.69 Å². The van der Waals surface area contributed by atoms with Crippen molar-refractivity contribution < 1.29 is 24.4 Å². The Morgan fingerprint density at radius 2 is 1.85 bits per heavy atom. The van der Waals surface area contributed by atoms with Crippen LogP contribution in [0, 0.1) is 10.1 Å². The molecule has 0 amide bonds. The predicted molar refractivity (Wildman–Crippen MR) is 97.9 cm³/mol. The number of carboxylic acid groups (broad SMARTS) is 1. The number of hydrogen-bond donors (Lipinski definition) is 2. The molecule has 1 unspecified atom stereocenters. The summed E-state index contributed by atoms with van der Waals surface area (Å²) in [5.41, 5.74) is 0.598. The molecule has 1 aromatic rings. The average Bonchev–Trinajstić information content (AvgIpc) is 2.60. The van der Waals surface area contributed by atoms with Crippen LogP contribution in [0.2, 0.25) is 0 Å². The fourth-order valence-corrected chi connectivity index (χ4v) is 3.14. The Bertz CT molecular complexity index is 840. The molecule has 1 aliphatic rings. The predicted octanol–water partition coefficient (Wildman–Crippen LogP) is 3.26. The zero-order valence-corrected chi connectivity index (χ0v) is 15.4. The molecular formula is C19H22N2O6. The maximum Gasteiger partial charge on any atom is 0.336 e. The Hall–Kier alpha value is -3.16. The summed E-state index contributed by atoms with van der Waals surface area (Å²) in [7, 11) is 0. The lowest BCUT2D eigenvalue weighted by Gasteiger charge is -2.29. The van der Waals surface area contributed by atoms with Gasteiger partial charge in [-0.1, -0.05) is 31.5 Å². The van der Waals surface area contributed by atoms with Gasteiger partial charge in [0.05, 0.1) is 28.6 Å². The second kappa shape index (κ2) is 8.48. The Kier molecular flexibility index (Phi) is 6.33. The first-order valence-corrected chi connectivity index (χ1v) is 8.61. The molecule has 144 valence electrons. The summed E-state index contributed by atoms with van der Waals surface area (Å²) in [6.07, 6.45) is 1.50. The molecule has 0 aromatic heterocycles. The van der Waals surface area contributed by atoms with E-state index in [4.69, 9.17) is 4.74 Å². The van der Waals surface area contributed by atoms with Crippen LogP contribution < -0.4 is 5.32 Å². The number of rotatable bonds is 7. The second-order valence-corrected chi connectivity index (χ2v) is 6.25. The molecule has 8 nitrogen and oxygen atoms in total. The molecular weight excluding hydrogens is 352 g/mol. The topological polar surface area (TPSA) is 119 Å². The van der Waals surface area contributed by atoms with E-state index in [0.29, 0.717) is 17.8 Å². The van der Waals surface area contributed by atoms with Crippen molar-refractivity contribution >= 4 is 17.6 Å². The minimum absolute atomic E-state index is 0.0726. The molecule has 0 saturated carbocycles. The van der Waals surface area contributed by atoms with Crippen molar-refractivity contribution in [3.8, 4) is 0 Å². The highest BCUT2D eigenvalue weighted by molar-refractivity contribution is 5.99. The number of carbonyl (C=O) groups excluding carboxylic acids is 1.